The molecule has 0 saturated heterocycles. The number of hydrogen-bond acceptors (Lipinski definition) is 4. The maximum Gasteiger partial charge on any atom is 0.332 e. The van der Waals surface area contributed by atoms with E-state index >= 15 is 0 Å². The maximum absolute atomic E-state index is 13.5. The Hall–Kier alpha value is -3.06. The lowest BCUT2D eigenvalue weighted by Gasteiger charge is -2.13. The fourth-order valence-electron chi connectivity index (χ4n) is 2.91. The molecule has 0 saturated carbocycles. The first kappa shape index (κ1) is 16.4. The summed E-state index contributed by atoms with van der Waals surface area (Å²) in [5.41, 5.74) is 0.440. The maximum atomic E-state index is 13.5. The Morgan fingerprint density at radius 3 is 2.65 bits per heavy atom. The van der Waals surface area contributed by atoms with Gasteiger partial charge in [-0.3, -0.25) is 13.9 Å². The Morgan fingerprint density at radius 2 is 1.88 bits per heavy atom. The fraction of sp³-hybridized carbons (Fsp3) is 0.105. The summed E-state index contributed by atoms with van der Waals surface area (Å²) in [7, 11) is 0. The topological polar surface area (TPSA) is 56.9 Å². The van der Waals surface area contributed by atoms with Gasteiger partial charge in [0.15, 0.2) is 5.52 Å². The summed E-state index contributed by atoms with van der Waals surface area (Å²) >= 11 is 1.47. The van der Waals surface area contributed by atoms with Crippen LogP contribution in [0.5, 0.6) is 0 Å². The summed E-state index contributed by atoms with van der Waals surface area (Å²) in [5.74, 6) is -0.370. The molecule has 26 heavy (non-hydrogen) atoms. The molecule has 0 aliphatic carbocycles. The Balaban J connectivity index is 1.93. The number of fused-ring (bicyclic) bond motifs is 1. The zero-order chi connectivity index (χ0) is 18.1. The third kappa shape index (κ3) is 2.97. The molecule has 130 valence electrons. The molecule has 3 aromatic heterocycles. The molecule has 0 bridgehead atoms. The number of nitrogens with zero attached hydrogens (tertiary/aromatic N) is 3. The van der Waals surface area contributed by atoms with Crippen LogP contribution in [0.25, 0.3) is 11.0 Å². The van der Waals surface area contributed by atoms with E-state index < -0.39 is 11.2 Å². The number of thiophene rings is 1. The van der Waals surface area contributed by atoms with E-state index in [1.165, 1.54) is 38.8 Å². The van der Waals surface area contributed by atoms with Crippen molar-refractivity contribution in [1.82, 2.24) is 14.1 Å². The van der Waals surface area contributed by atoms with E-state index in [0.717, 1.165) is 4.88 Å². The van der Waals surface area contributed by atoms with Gasteiger partial charge in [0.1, 0.15) is 5.82 Å². The van der Waals surface area contributed by atoms with Gasteiger partial charge in [-0.1, -0.05) is 18.2 Å². The van der Waals surface area contributed by atoms with Crippen molar-refractivity contribution in [3.63, 3.8) is 0 Å². The molecule has 7 heteroatoms. The van der Waals surface area contributed by atoms with Crippen molar-refractivity contribution >= 4 is 22.4 Å². The van der Waals surface area contributed by atoms with Gasteiger partial charge in [-0.05, 0) is 41.3 Å². The van der Waals surface area contributed by atoms with Crippen molar-refractivity contribution in [3.05, 3.63) is 97.2 Å². The lowest BCUT2D eigenvalue weighted by molar-refractivity contribution is 0.615. The van der Waals surface area contributed by atoms with Crippen molar-refractivity contribution in [2.45, 2.75) is 13.1 Å². The largest absolute Gasteiger partial charge is 0.332 e. The highest BCUT2D eigenvalue weighted by molar-refractivity contribution is 7.09. The number of benzene rings is 1. The predicted octanol–water partition coefficient (Wildman–Crippen LogP) is 2.86. The minimum atomic E-state index is -0.437. The SMILES string of the molecule is O=c1c2ncccc2n(Cc2cccc(F)c2)c(=O)n1Cc1cccs1. The number of hydrogen-bond donors (Lipinski definition) is 0. The third-order valence-corrected chi connectivity index (χ3v) is 4.97. The van der Waals surface area contributed by atoms with Gasteiger partial charge >= 0.3 is 5.69 Å². The van der Waals surface area contributed by atoms with Gasteiger partial charge in [0.25, 0.3) is 5.56 Å². The van der Waals surface area contributed by atoms with Crippen LogP contribution in [0.2, 0.25) is 0 Å². The highest BCUT2D eigenvalue weighted by Gasteiger charge is 2.15. The second-order valence-corrected chi connectivity index (χ2v) is 6.87. The van der Waals surface area contributed by atoms with Gasteiger partial charge in [0.05, 0.1) is 18.6 Å². The van der Waals surface area contributed by atoms with Gasteiger partial charge in [0, 0.05) is 11.1 Å². The van der Waals surface area contributed by atoms with Crippen molar-refractivity contribution in [1.29, 1.82) is 0 Å². The Morgan fingerprint density at radius 1 is 1.00 bits per heavy atom. The zero-order valence-electron chi connectivity index (χ0n) is 13.6. The first-order chi connectivity index (χ1) is 12.6. The molecule has 0 fully saturated rings. The van der Waals surface area contributed by atoms with Crippen LogP contribution in [0.4, 0.5) is 4.39 Å². The van der Waals surface area contributed by atoms with Gasteiger partial charge in [-0.15, -0.1) is 11.3 Å². The molecule has 0 unspecified atom stereocenters. The van der Waals surface area contributed by atoms with E-state index in [-0.39, 0.29) is 24.4 Å². The summed E-state index contributed by atoms with van der Waals surface area (Å²) in [6.07, 6.45) is 1.52. The van der Waals surface area contributed by atoms with Crippen LogP contribution in [0.1, 0.15) is 10.4 Å². The third-order valence-electron chi connectivity index (χ3n) is 4.11. The van der Waals surface area contributed by atoms with Crippen LogP contribution in [-0.4, -0.2) is 14.1 Å². The number of rotatable bonds is 4. The van der Waals surface area contributed by atoms with Crippen molar-refractivity contribution in [3.8, 4) is 0 Å². The lowest BCUT2D eigenvalue weighted by Crippen LogP contribution is -2.40. The Labute approximate surface area is 151 Å². The monoisotopic (exact) mass is 367 g/mol. The van der Waals surface area contributed by atoms with E-state index in [4.69, 9.17) is 0 Å². The molecule has 1 aromatic carbocycles. The summed E-state index contributed by atoms with van der Waals surface area (Å²) in [4.78, 5) is 30.9. The van der Waals surface area contributed by atoms with Crippen molar-refractivity contribution in [2.24, 2.45) is 0 Å². The van der Waals surface area contributed by atoms with Crippen LogP contribution in [0.3, 0.4) is 0 Å². The minimum absolute atomic E-state index is 0.156. The molecular weight excluding hydrogens is 353 g/mol. The molecule has 0 spiro atoms. The van der Waals surface area contributed by atoms with Crippen molar-refractivity contribution < 1.29 is 4.39 Å². The smallest absolute Gasteiger partial charge is 0.287 e. The van der Waals surface area contributed by atoms with Gasteiger partial charge in [-0.2, -0.15) is 0 Å². The summed E-state index contributed by atoms with van der Waals surface area (Å²) in [6.45, 7) is 0.342. The van der Waals surface area contributed by atoms with E-state index in [1.807, 2.05) is 17.5 Å². The zero-order valence-corrected chi connectivity index (χ0v) is 14.4. The molecule has 3 heterocycles. The molecule has 4 aromatic rings. The number of pyridine rings is 1. The highest BCUT2D eigenvalue weighted by atomic mass is 32.1. The number of aromatic nitrogens is 3. The summed E-state index contributed by atoms with van der Waals surface area (Å²) < 4.78 is 16.2. The standard InChI is InChI=1S/C19H14FN3O2S/c20-14-5-1-4-13(10-14)11-22-16-7-2-8-21-17(16)18(24)23(19(22)25)12-15-6-3-9-26-15/h1-10H,11-12H2. The molecular formula is C19H14FN3O2S. The lowest BCUT2D eigenvalue weighted by atomic mass is 10.2. The van der Waals surface area contributed by atoms with Crippen LogP contribution in [0.15, 0.2) is 69.7 Å². The van der Waals surface area contributed by atoms with Crippen LogP contribution < -0.4 is 11.2 Å². The summed E-state index contributed by atoms with van der Waals surface area (Å²) in [5, 5.41) is 1.89. The molecule has 4 rings (SSSR count). The van der Waals surface area contributed by atoms with E-state index in [1.54, 1.807) is 24.3 Å². The molecule has 0 N–H and O–H groups in total. The van der Waals surface area contributed by atoms with Crippen LogP contribution in [0, 0.1) is 5.82 Å². The van der Waals surface area contributed by atoms with Gasteiger partial charge in [-0.25, -0.2) is 14.2 Å². The van der Waals surface area contributed by atoms with Gasteiger partial charge in [0.2, 0.25) is 0 Å². The predicted molar refractivity (Wildman–Crippen MR) is 99.2 cm³/mol. The second-order valence-electron chi connectivity index (χ2n) is 5.84. The molecule has 0 atom stereocenters. The van der Waals surface area contributed by atoms with Crippen LogP contribution >= 0.6 is 11.3 Å². The molecule has 0 amide bonds. The molecule has 0 aliphatic rings. The van der Waals surface area contributed by atoms with Crippen molar-refractivity contribution in [2.75, 3.05) is 0 Å². The summed E-state index contributed by atoms with van der Waals surface area (Å²) in [6, 6.07) is 13.2. The average molecular weight is 367 g/mol. The Bertz CT molecular complexity index is 1200. The minimum Gasteiger partial charge on any atom is -0.287 e. The first-order valence-corrected chi connectivity index (χ1v) is 8.86. The first-order valence-electron chi connectivity index (χ1n) is 7.98. The molecule has 5 nitrogen and oxygen atoms in total. The second kappa shape index (κ2) is 6.68. The van der Waals surface area contributed by atoms with Crippen LogP contribution in [-0.2, 0) is 13.1 Å². The normalized spacial score (nSPS) is 11.1. The van der Waals surface area contributed by atoms with E-state index in [0.29, 0.717) is 11.1 Å². The fourth-order valence-corrected chi connectivity index (χ4v) is 3.60. The Kier molecular flexibility index (Phi) is 4.22. The van der Waals surface area contributed by atoms with Gasteiger partial charge < -0.3 is 0 Å². The average Bonchev–Trinajstić information content (AvgIpc) is 3.16. The molecule has 0 radical (unpaired) electrons. The van der Waals surface area contributed by atoms with E-state index in [9.17, 15) is 14.0 Å². The quantitative estimate of drug-likeness (QED) is 0.557. The number of halogens is 1. The molecule has 0 aliphatic heterocycles. The van der Waals surface area contributed by atoms with E-state index in [2.05, 4.69) is 4.98 Å². The highest BCUT2D eigenvalue weighted by Crippen LogP contribution is 2.12.